The van der Waals surface area contributed by atoms with Crippen LogP contribution < -0.4 is 15.5 Å². The van der Waals surface area contributed by atoms with Crippen LogP contribution in [0.15, 0.2) is 29.2 Å². The highest BCUT2D eigenvalue weighted by Gasteiger charge is 2.41. The van der Waals surface area contributed by atoms with Gasteiger partial charge in [-0.25, -0.2) is 27.3 Å². The Labute approximate surface area is 207 Å². The Balaban J connectivity index is 2.85. The molecule has 0 heterocycles. The largest absolute Gasteiger partial charge is 0.480 e. The Bertz CT molecular complexity index is 1080. The number of carboxylic acid groups (broad SMARTS) is 1. The van der Waals surface area contributed by atoms with Crippen molar-refractivity contribution in [2.45, 2.75) is 56.3 Å². The van der Waals surface area contributed by atoms with Crippen molar-refractivity contribution in [3.05, 3.63) is 34.4 Å². The molecule has 14 nitrogen and oxygen atoms in total. The maximum Gasteiger partial charge on any atom is 0.410 e. The fourth-order valence-electron chi connectivity index (χ4n) is 2.82. The normalized spacial score (nSPS) is 13.5. The Morgan fingerprint density at radius 3 is 2.36 bits per heavy atom. The predicted octanol–water partition coefficient (Wildman–Crippen LogP) is 1.28. The van der Waals surface area contributed by atoms with Crippen molar-refractivity contribution in [3.8, 4) is 0 Å². The SMILES string of the molecule is CN(CC(=O)O)NC(=O)C(F)(CCCCNS(=O)(=O)c1ccccc1[N+](=O)[O-])NC(=O)OC(C)(C)C. The van der Waals surface area contributed by atoms with Crippen LogP contribution in [0.25, 0.3) is 0 Å². The van der Waals surface area contributed by atoms with E-state index in [0.29, 0.717) is 0 Å². The van der Waals surface area contributed by atoms with Crippen LogP contribution in [-0.4, -0.2) is 73.0 Å². The van der Waals surface area contributed by atoms with Gasteiger partial charge in [-0.2, -0.15) is 0 Å². The standard InChI is InChI=1S/C20H30FN5O9S/c1-19(2,3)35-18(30)23-20(21,17(29)24-25(4)13-16(27)28)11-7-8-12-22-36(33,34)15-10-6-5-9-14(15)26(31)32/h5-6,9-10,22H,7-8,11-13H2,1-4H3,(H,23,30)(H,24,29)(H,27,28). The zero-order chi connectivity index (χ0) is 27.7. The number of aliphatic carboxylic acids is 1. The van der Waals surface area contributed by atoms with Crippen LogP contribution in [0.5, 0.6) is 0 Å². The maximum absolute atomic E-state index is 15.6. The van der Waals surface area contributed by atoms with Crippen molar-refractivity contribution in [1.82, 2.24) is 20.5 Å². The Kier molecular flexibility index (Phi) is 10.7. The molecular weight excluding hydrogens is 505 g/mol. The number of halogens is 1. The van der Waals surface area contributed by atoms with E-state index in [0.717, 1.165) is 17.1 Å². The highest BCUT2D eigenvalue weighted by molar-refractivity contribution is 7.89. The first kappa shape index (κ1) is 30.7. The second-order valence-corrected chi connectivity index (χ2v) is 10.4. The minimum absolute atomic E-state index is 0.0141. The van der Waals surface area contributed by atoms with E-state index in [1.807, 2.05) is 10.7 Å². The fraction of sp³-hybridized carbons (Fsp3) is 0.550. The molecule has 1 rings (SSSR count). The summed E-state index contributed by atoms with van der Waals surface area (Å²) in [5.41, 5.74) is 0.402. The molecule has 0 fully saturated rings. The number of nitrogens with zero attached hydrogens (tertiary/aromatic N) is 2. The molecule has 36 heavy (non-hydrogen) atoms. The Morgan fingerprint density at radius 1 is 1.19 bits per heavy atom. The van der Waals surface area contributed by atoms with E-state index < -0.39 is 67.9 Å². The second-order valence-electron chi connectivity index (χ2n) is 8.70. The molecule has 4 N–H and O–H groups in total. The first-order valence-corrected chi connectivity index (χ1v) is 12.1. The summed E-state index contributed by atoms with van der Waals surface area (Å²) in [5.74, 6) is -5.68. The number of alkyl halides is 1. The van der Waals surface area contributed by atoms with Crippen LogP contribution in [0.3, 0.4) is 0 Å². The van der Waals surface area contributed by atoms with Gasteiger partial charge in [-0.15, -0.1) is 0 Å². The van der Waals surface area contributed by atoms with Crippen molar-refractivity contribution in [3.63, 3.8) is 0 Å². The van der Waals surface area contributed by atoms with Gasteiger partial charge in [0.05, 0.1) is 4.92 Å². The lowest BCUT2D eigenvalue weighted by molar-refractivity contribution is -0.387. The number of carboxylic acids is 1. The molecule has 0 bridgehead atoms. The number of hydrogen-bond donors (Lipinski definition) is 4. The highest BCUT2D eigenvalue weighted by Crippen LogP contribution is 2.23. The third kappa shape index (κ3) is 10.1. The van der Waals surface area contributed by atoms with E-state index in [1.54, 1.807) is 0 Å². The molecule has 1 atom stereocenters. The summed E-state index contributed by atoms with van der Waals surface area (Å²) in [6.07, 6.45) is -1.99. The Morgan fingerprint density at radius 2 is 1.81 bits per heavy atom. The molecule has 0 aromatic heterocycles. The number of carbonyl (C=O) groups is 3. The molecule has 0 saturated heterocycles. The highest BCUT2D eigenvalue weighted by atomic mass is 32.2. The number of carbonyl (C=O) groups excluding carboxylic acids is 2. The molecule has 2 amide bonds. The molecule has 1 aromatic rings. The zero-order valence-corrected chi connectivity index (χ0v) is 21.1. The van der Waals surface area contributed by atoms with Crippen LogP contribution >= 0.6 is 0 Å². The zero-order valence-electron chi connectivity index (χ0n) is 20.2. The molecule has 0 aliphatic rings. The van der Waals surface area contributed by atoms with Gasteiger partial charge in [0, 0.05) is 26.1 Å². The van der Waals surface area contributed by atoms with Gasteiger partial charge in [-0.3, -0.25) is 30.4 Å². The summed E-state index contributed by atoms with van der Waals surface area (Å²) in [4.78, 5) is 45.1. The number of nitrogens with one attached hydrogen (secondary N) is 3. The third-order valence-electron chi connectivity index (χ3n) is 4.32. The van der Waals surface area contributed by atoms with E-state index in [-0.39, 0.29) is 19.4 Å². The molecule has 1 aromatic carbocycles. The van der Waals surface area contributed by atoms with Crippen LogP contribution in [0.4, 0.5) is 14.9 Å². The van der Waals surface area contributed by atoms with E-state index >= 15 is 4.39 Å². The van der Waals surface area contributed by atoms with Gasteiger partial charge in [0.1, 0.15) is 12.1 Å². The van der Waals surface area contributed by atoms with Gasteiger partial charge < -0.3 is 9.84 Å². The lowest BCUT2D eigenvalue weighted by atomic mass is 10.1. The van der Waals surface area contributed by atoms with Crippen molar-refractivity contribution >= 4 is 33.7 Å². The van der Waals surface area contributed by atoms with Gasteiger partial charge in [-0.1, -0.05) is 12.1 Å². The molecule has 16 heteroatoms. The monoisotopic (exact) mass is 535 g/mol. The summed E-state index contributed by atoms with van der Waals surface area (Å²) in [6.45, 7) is 3.67. The van der Waals surface area contributed by atoms with Gasteiger partial charge in [-0.05, 0) is 39.7 Å². The number of unbranched alkanes of at least 4 members (excludes halogenated alkanes) is 1. The van der Waals surface area contributed by atoms with Crippen LogP contribution in [0.1, 0.15) is 40.0 Å². The summed E-state index contributed by atoms with van der Waals surface area (Å²) in [7, 11) is -3.07. The number of likely N-dealkylation sites (N-methyl/N-ethyl adjacent to an activating group) is 1. The molecule has 0 aliphatic carbocycles. The van der Waals surface area contributed by atoms with Crippen LogP contribution in [-0.2, 0) is 24.3 Å². The lowest BCUT2D eigenvalue weighted by Crippen LogP contribution is -2.59. The Hall–Kier alpha value is -3.37. The number of hydrogen-bond acceptors (Lipinski definition) is 9. The number of nitro groups is 1. The number of nitro benzene ring substituents is 1. The maximum atomic E-state index is 15.6. The fourth-order valence-corrected chi connectivity index (χ4v) is 4.06. The third-order valence-corrected chi connectivity index (χ3v) is 5.82. The number of benzene rings is 1. The minimum atomic E-state index is -4.25. The molecule has 202 valence electrons. The average Bonchev–Trinajstić information content (AvgIpc) is 2.71. The van der Waals surface area contributed by atoms with E-state index in [2.05, 4.69) is 4.72 Å². The number of alkyl carbamates (subject to hydrolysis) is 1. The van der Waals surface area contributed by atoms with Crippen molar-refractivity contribution < 1.29 is 42.0 Å². The van der Waals surface area contributed by atoms with Gasteiger partial charge in [0.2, 0.25) is 10.0 Å². The van der Waals surface area contributed by atoms with Crippen LogP contribution in [0.2, 0.25) is 0 Å². The predicted molar refractivity (Wildman–Crippen MR) is 124 cm³/mol. The number of amides is 2. The lowest BCUT2D eigenvalue weighted by Gasteiger charge is -2.29. The number of para-hydroxylation sites is 1. The van der Waals surface area contributed by atoms with Crippen molar-refractivity contribution in [2.75, 3.05) is 20.1 Å². The molecular formula is C20H30FN5O9S. The summed E-state index contributed by atoms with van der Waals surface area (Å²) < 4.78 is 47.6. The van der Waals surface area contributed by atoms with E-state index in [1.165, 1.54) is 40.0 Å². The number of rotatable bonds is 13. The number of sulfonamides is 1. The first-order chi connectivity index (χ1) is 16.5. The minimum Gasteiger partial charge on any atom is -0.480 e. The van der Waals surface area contributed by atoms with Gasteiger partial charge in [0.15, 0.2) is 4.90 Å². The molecule has 0 aliphatic heterocycles. The topological polar surface area (TPSA) is 197 Å². The van der Waals surface area contributed by atoms with Crippen LogP contribution in [0, 0.1) is 10.1 Å². The van der Waals surface area contributed by atoms with E-state index in [9.17, 15) is 32.9 Å². The first-order valence-electron chi connectivity index (χ1n) is 10.6. The summed E-state index contributed by atoms with van der Waals surface area (Å²) >= 11 is 0. The summed E-state index contributed by atoms with van der Waals surface area (Å²) in [5, 5.41) is 22.5. The average molecular weight is 536 g/mol. The van der Waals surface area contributed by atoms with Crippen molar-refractivity contribution in [2.24, 2.45) is 0 Å². The molecule has 0 saturated carbocycles. The molecule has 1 unspecified atom stereocenters. The summed E-state index contributed by atoms with van der Waals surface area (Å²) in [6, 6.07) is 4.74. The van der Waals surface area contributed by atoms with E-state index in [4.69, 9.17) is 9.84 Å². The van der Waals surface area contributed by atoms with Gasteiger partial charge in [0.25, 0.3) is 17.4 Å². The number of ether oxygens (including phenoxy) is 1. The molecule has 0 radical (unpaired) electrons. The quantitative estimate of drug-likeness (QED) is 0.123. The smallest absolute Gasteiger partial charge is 0.410 e. The number of hydrazine groups is 1. The second kappa shape index (κ2) is 12.5. The molecule has 0 spiro atoms. The van der Waals surface area contributed by atoms with Gasteiger partial charge >= 0.3 is 12.1 Å². The van der Waals surface area contributed by atoms with Crippen molar-refractivity contribution in [1.29, 1.82) is 0 Å².